The summed E-state index contributed by atoms with van der Waals surface area (Å²) >= 11 is 6.11. The molecule has 0 aliphatic rings. The number of H-pyrrole nitrogens is 2. The molecule has 2 N–H and O–H groups in total. The van der Waals surface area contributed by atoms with Crippen molar-refractivity contribution in [3.63, 3.8) is 0 Å². The Kier molecular flexibility index (Phi) is 2.97. The molecular weight excluding hydrogens is 280 g/mol. The van der Waals surface area contributed by atoms with Crippen LogP contribution in [-0.4, -0.2) is 9.97 Å². The highest BCUT2D eigenvalue weighted by molar-refractivity contribution is 6.31. The number of aromatic amines is 2. The van der Waals surface area contributed by atoms with Crippen molar-refractivity contribution >= 4 is 33.4 Å². The van der Waals surface area contributed by atoms with Gasteiger partial charge in [-0.15, -0.1) is 0 Å². The number of halogens is 1. The highest BCUT2D eigenvalue weighted by Gasteiger charge is 2.07. The van der Waals surface area contributed by atoms with Gasteiger partial charge in [-0.25, -0.2) is 0 Å². The molecule has 4 rings (SSSR count). The van der Waals surface area contributed by atoms with E-state index >= 15 is 0 Å². The molecule has 2 nitrogen and oxygen atoms in total. The predicted molar refractivity (Wildman–Crippen MR) is 89.0 cm³/mol. The molecule has 0 aliphatic carbocycles. The van der Waals surface area contributed by atoms with Gasteiger partial charge in [0.1, 0.15) is 0 Å². The van der Waals surface area contributed by atoms with Gasteiger partial charge in [-0.3, -0.25) is 0 Å². The van der Waals surface area contributed by atoms with Gasteiger partial charge in [0.15, 0.2) is 0 Å². The molecular formula is C18H15ClN2. The third kappa shape index (κ3) is 2.22. The molecule has 0 aliphatic heterocycles. The average molecular weight is 295 g/mol. The van der Waals surface area contributed by atoms with E-state index in [1.54, 1.807) is 0 Å². The fourth-order valence-electron chi connectivity index (χ4n) is 2.97. The SMILES string of the molecule is Clc1ccc2[nH]cc(CCc3c[nH]c4ccccc34)c2c1. The van der Waals surface area contributed by atoms with E-state index in [0.717, 1.165) is 23.4 Å². The van der Waals surface area contributed by atoms with Crippen LogP contribution in [0.15, 0.2) is 54.9 Å². The summed E-state index contributed by atoms with van der Waals surface area (Å²) in [4.78, 5) is 6.65. The summed E-state index contributed by atoms with van der Waals surface area (Å²) in [6, 6.07) is 14.4. The average Bonchev–Trinajstić information content (AvgIpc) is 3.09. The van der Waals surface area contributed by atoms with Crippen molar-refractivity contribution in [2.75, 3.05) is 0 Å². The van der Waals surface area contributed by atoms with E-state index < -0.39 is 0 Å². The second-order valence-electron chi connectivity index (χ2n) is 5.36. The maximum Gasteiger partial charge on any atom is 0.0457 e. The van der Waals surface area contributed by atoms with Gasteiger partial charge in [-0.2, -0.15) is 0 Å². The minimum absolute atomic E-state index is 0.787. The fourth-order valence-corrected chi connectivity index (χ4v) is 3.14. The van der Waals surface area contributed by atoms with Gasteiger partial charge in [0, 0.05) is 39.2 Å². The summed E-state index contributed by atoms with van der Waals surface area (Å²) in [5, 5.41) is 3.33. The molecule has 2 aromatic heterocycles. The molecule has 3 heteroatoms. The van der Waals surface area contributed by atoms with Crippen LogP contribution in [0.25, 0.3) is 21.8 Å². The van der Waals surface area contributed by atoms with Crippen molar-refractivity contribution in [1.29, 1.82) is 0 Å². The first-order valence-electron chi connectivity index (χ1n) is 7.12. The van der Waals surface area contributed by atoms with E-state index in [9.17, 15) is 0 Å². The first-order chi connectivity index (χ1) is 10.3. The number of nitrogens with one attached hydrogen (secondary N) is 2. The van der Waals surface area contributed by atoms with E-state index in [0.29, 0.717) is 0 Å². The van der Waals surface area contributed by atoms with Gasteiger partial charge in [-0.1, -0.05) is 29.8 Å². The van der Waals surface area contributed by atoms with Crippen LogP contribution in [0.4, 0.5) is 0 Å². The Bertz CT molecular complexity index is 917. The summed E-state index contributed by atoms with van der Waals surface area (Å²) in [6.45, 7) is 0. The molecule has 2 heterocycles. The number of hydrogen-bond donors (Lipinski definition) is 2. The van der Waals surface area contributed by atoms with Crippen LogP contribution >= 0.6 is 11.6 Å². The number of benzene rings is 2. The van der Waals surface area contributed by atoms with Crippen molar-refractivity contribution < 1.29 is 0 Å². The second kappa shape index (κ2) is 4.97. The Morgan fingerprint density at radius 2 is 1.43 bits per heavy atom. The van der Waals surface area contributed by atoms with Crippen LogP contribution in [-0.2, 0) is 12.8 Å². The van der Waals surface area contributed by atoms with Crippen LogP contribution < -0.4 is 0 Å². The van der Waals surface area contributed by atoms with E-state index in [4.69, 9.17) is 11.6 Å². The van der Waals surface area contributed by atoms with E-state index in [2.05, 4.69) is 46.6 Å². The minimum Gasteiger partial charge on any atom is -0.361 e. The van der Waals surface area contributed by atoms with Crippen molar-refractivity contribution in [3.05, 3.63) is 71.0 Å². The molecule has 0 amide bonds. The molecule has 0 bridgehead atoms. The number of aromatic nitrogens is 2. The van der Waals surface area contributed by atoms with E-state index in [1.807, 2.05) is 18.2 Å². The Labute approximate surface area is 127 Å². The summed E-state index contributed by atoms with van der Waals surface area (Å²) < 4.78 is 0. The van der Waals surface area contributed by atoms with Gasteiger partial charge in [0.25, 0.3) is 0 Å². The first kappa shape index (κ1) is 12.5. The molecule has 0 saturated carbocycles. The van der Waals surface area contributed by atoms with Gasteiger partial charge in [0.05, 0.1) is 0 Å². The largest absolute Gasteiger partial charge is 0.361 e. The van der Waals surface area contributed by atoms with Crippen LogP contribution in [0, 0.1) is 0 Å². The number of fused-ring (bicyclic) bond motifs is 2. The highest BCUT2D eigenvalue weighted by atomic mass is 35.5. The maximum atomic E-state index is 6.11. The smallest absolute Gasteiger partial charge is 0.0457 e. The van der Waals surface area contributed by atoms with Crippen molar-refractivity contribution in [1.82, 2.24) is 9.97 Å². The lowest BCUT2D eigenvalue weighted by atomic mass is 10.0. The number of para-hydroxylation sites is 1. The minimum atomic E-state index is 0.787. The first-order valence-corrected chi connectivity index (χ1v) is 7.49. The third-order valence-corrected chi connectivity index (χ3v) is 4.30. The number of aryl methyl sites for hydroxylation is 2. The van der Waals surface area contributed by atoms with Crippen LogP contribution in [0.2, 0.25) is 5.02 Å². The lowest BCUT2D eigenvalue weighted by Crippen LogP contribution is -1.89. The van der Waals surface area contributed by atoms with Gasteiger partial charge in [-0.05, 0) is 48.2 Å². The fraction of sp³-hybridized carbons (Fsp3) is 0.111. The zero-order valence-corrected chi connectivity index (χ0v) is 12.2. The zero-order chi connectivity index (χ0) is 14.2. The molecule has 0 fully saturated rings. The summed E-state index contributed by atoms with van der Waals surface area (Å²) in [7, 11) is 0. The molecule has 4 aromatic rings. The zero-order valence-electron chi connectivity index (χ0n) is 11.5. The monoisotopic (exact) mass is 294 g/mol. The van der Waals surface area contributed by atoms with Crippen molar-refractivity contribution in [3.8, 4) is 0 Å². The maximum absolute atomic E-state index is 6.11. The van der Waals surface area contributed by atoms with Crippen molar-refractivity contribution in [2.24, 2.45) is 0 Å². The summed E-state index contributed by atoms with van der Waals surface area (Å²) in [5.41, 5.74) is 5.03. The quantitative estimate of drug-likeness (QED) is 0.527. The van der Waals surface area contributed by atoms with Gasteiger partial charge in [0.2, 0.25) is 0 Å². The molecule has 0 radical (unpaired) electrons. The Balaban J connectivity index is 1.65. The predicted octanol–water partition coefficient (Wildman–Crippen LogP) is 5.09. The number of rotatable bonds is 3. The van der Waals surface area contributed by atoms with Crippen LogP contribution in [0.1, 0.15) is 11.1 Å². The van der Waals surface area contributed by atoms with Crippen LogP contribution in [0.5, 0.6) is 0 Å². The standard InChI is InChI=1S/C18H15ClN2/c19-14-7-8-18-16(9-14)13(11-21-18)6-5-12-10-20-17-4-2-1-3-15(12)17/h1-4,7-11,20-21H,5-6H2. The molecule has 104 valence electrons. The summed E-state index contributed by atoms with van der Waals surface area (Å²) in [6.07, 6.45) is 6.23. The normalized spacial score (nSPS) is 11.5. The third-order valence-electron chi connectivity index (χ3n) is 4.07. The molecule has 0 atom stereocenters. The lowest BCUT2D eigenvalue weighted by molar-refractivity contribution is 0.976. The molecule has 0 unspecified atom stereocenters. The topological polar surface area (TPSA) is 31.6 Å². The van der Waals surface area contributed by atoms with E-state index in [1.165, 1.54) is 27.4 Å². The van der Waals surface area contributed by atoms with Gasteiger partial charge < -0.3 is 9.97 Å². The molecule has 21 heavy (non-hydrogen) atoms. The van der Waals surface area contributed by atoms with E-state index in [-0.39, 0.29) is 0 Å². The number of hydrogen-bond acceptors (Lipinski definition) is 0. The molecule has 2 aromatic carbocycles. The Morgan fingerprint density at radius 3 is 2.24 bits per heavy atom. The Morgan fingerprint density at radius 1 is 0.762 bits per heavy atom. The molecule has 0 saturated heterocycles. The summed E-state index contributed by atoms with van der Waals surface area (Å²) in [5.74, 6) is 0. The van der Waals surface area contributed by atoms with Crippen molar-refractivity contribution in [2.45, 2.75) is 12.8 Å². The lowest BCUT2D eigenvalue weighted by Gasteiger charge is -2.00. The molecule has 0 spiro atoms. The highest BCUT2D eigenvalue weighted by Crippen LogP contribution is 2.25. The van der Waals surface area contributed by atoms with Crippen LogP contribution in [0.3, 0.4) is 0 Å². The Hall–Kier alpha value is -2.19. The van der Waals surface area contributed by atoms with Gasteiger partial charge >= 0.3 is 0 Å². The second-order valence-corrected chi connectivity index (χ2v) is 5.80.